The Morgan fingerprint density at radius 1 is 1.28 bits per heavy atom. The summed E-state index contributed by atoms with van der Waals surface area (Å²) in [5, 5.41) is 14.1. The van der Waals surface area contributed by atoms with E-state index in [9.17, 15) is 14.7 Å². The molecular weight excluding hydrogens is 322 g/mol. The highest BCUT2D eigenvalue weighted by atomic mass is 16.4. The smallest absolute Gasteiger partial charge is 0.407 e. The molecule has 2 heterocycles. The van der Waals surface area contributed by atoms with Crippen LogP contribution in [0.15, 0.2) is 36.4 Å². The normalized spacial score (nSPS) is 17.6. The monoisotopic (exact) mass is 343 g/mol. The Kier molecular flexibility index (Phi) is 4.71. The molecule has 0 saturated carbocycles. The second-order valence-corrected chi connectivity index (χ2v) is 5.99. The first kappa shape index (κ1) is 17.0. The molecule has 3 rings (SSSR count). The number of aromatic nitrogens is 2. The van der Waals surface area contributed by atoms with E-state index in [1.807, 2.05) is 43.3 Å². The zero-order valence-corrected chi connectivity index (χ0v) is 14.0. The number of piperazine rings is 1. The minimum Gasteiger partial charge on any atom is -0.465 e. The fraction of sp³-hybridized carbons (Fsp3) is 0.353. The first-order valence-corrected chi connectivity index (χ1v) is 8.10. The van der Waals surface area contributed by atoms with Crippen molar-refractivity contribution in [2.75, 3.05) is 26.2 Å². The van der Waals surface area contributed by atoms with Crippen LogP contribution in [0.2, 0.25) is 0 Å². The van der Waals surface area contributed by atoms with Crippen LogP contribution in [-0.2, 0) is 4.79 Å². The summed E-state index contributed by atoms with van der Waals surface area (Å²) in [4.78, 5) is 26.7. The second-order valence-electron chi connectivity index (χ2n) is 5.99. The van der Waals surface area contributed by atoms with Crippen molar-refractivity contribution in [3.05, 3.63) is 47.8 Å². The van der Waals surface area contributed by atoms with Crippen molar-refractivity contribution in [2.24, 2.45) is 5.73 Å². The summed E-state index contributed by atoms with van der Waals surface area (Å²) in [7, 11) is 0. The van der Waals surface area contributed by atoms with Crippen molar-refractivity contribution in [1.82, 2.24) is 19.6 Å². The molecule has 1 unspecified atom stereocenters. The Balaban J connectivity index is 2.02. The first-order chi connectivity index (χ1) is 12.0. The number of carbonyl (C=O) groups excluding carboxylic acids is 1. The molecule has 132 valence electrons. The average molecular weight is 343 g/mol. The molecule has 2 amide bonds. The molecule has 0 spiro atoms. The number of carboxylic acid groups (broad SMARTS) is 1. The Morgan fingerprint density at radius 3 is 2.64 bits per heavy atom. The van der Waals surface area contributed by atoms with Crippen LogP contribution in [0.1, 0.15) is 17.4 Å². The van der Waals surface area contributed by atoms with Crippen LogP contribution in [0.4, 0.5) is 4.79 Å². The third kappa shape index (κ3) is 3.34. The predicted octanol–water partition coefficient (Wildman–Crippen LogP) is 1.00. The SMILES string of the molecule is Cc1cc(C2CN(C(=O)CN)CCN2C(=O)O)n(-c2ccccc2)n1. The van der Waals surface area contributed by atoms with Gasteiger partial charge in [-0.25, -0.2) is 9.48 Å². The zero-order chi connectivity index (χ0) is 18.0. The van der Waals surface area contributed by atoms with Gasteiger partial charge in [-0.3, -0.25) is 9.69 Å². The second kappa shape index (κ2) is 6.94. The summed E-state index contributed by atoms with van der Waals surface area (Å²) in [5.41, 5.74) is 7.83. The highest BCUT2D eigenvalue weighted by molar-refractivity contribution is 5.78. The van der Waals surface area contributed by atoms with E-state index >= 15 is 0 Å². The van der Waals surface area contributed by atoms with E-state index in [2.05, 4.69) is 5.10 Å². The lowest BCUT2D eigenvalue weighted by atomic mass is 10.1. The Bertz CT molecular complexity index is 774. The van der Waals surface area contributed by atoms with Gasteiger partial charge in [0.1, 0.15) is 0 Å². The van der Waals surface area contributed by atoms with Crippen LogP contribution < -0.4 is 5.73 Å². The number of benzene rings is 1. The standard InChI is InChI=1S/C17H21N5O3/c1-12-9-14(22(19-12)13-5-3-2-4-6-13)15-11-20(16(23)10-18)7-8-21(15)17(24)25/h2-6,9,15H,7-8,10-11,18H2,1H3,(H,24,25). The molecule has 0 bridgehead atoms. The van der Waals surface area contributed by atoms with Crippen molar-refractivity contribution in [1.29, 1.82) is 0 Å². The molecule has 25 heavy (non-hydrogen) atoms. The lowest BCUT2D eigenvalue weighted by Crippen LogP contribution is -2.53. The van der Waals surface area contributed by atoms with E-state index in [-0.39, 0.29) is 25.5 Å². The van der Waals surface area contributed by atoms with Crippen LogP contribution >= 0.6 is 0 Å². The van der Waals surface area contributed by atoms with E-state index in [1.54, 1.807) is 9.58 Å². The number of hydrogen-bond acceptors (Lipinski definition) is 4. The number of amides is 2. The van der Waals surface area contributed by atoms with E-state index in [1.165, 1.54) is 4.90 Å². The summed E-state index contributed by atoms with van der Waals surface area (Å²) in [5.74, 6) is -0.183. The highest BCUT2D eigenvalue weighted by Gasteiger charge is 2.35. The molecule has 1 atom stereocenters. The fourth-order valence-corrected chi connectivity index (χ4v) is 3.15. The Morgan fingerprint density at radius 2 is 2.00 bits per heavy atom. The predicted molar refractivity (Wildman–Crippen MR) is 91.4 cm³/mol. The molecule has 1 aliphatic rings. The summed E-state index contributed by atoms with van der Waals surface area (Å²) in [6.07, 6.45) is -1.01. The maximum atomic E-state index is 12.0. The maximum Gasteiger partial charge on any atom is 0.407 e. The number of carbonyl (C=O) groups is 2. The van der Waals surface area contributed by atoms with Gasteiger partial charge in [-0.05, 0) is 25.1 Å². The minimum absolute atomic E-state index is 0.0865. The lowest BCUT2D eigenvalue weighted by molar-refractivity contribution is -0.132. The van der Waals surface area contributed by atoms with Gasteiger partial charge in [-0.1, -0.05) is 18.2 Å². The van der Waals surface area contributed by atoms with Gasteiger partial charge >= 0.3 is 6.09 Å². The van der Waals surface area contributed by atoms with E-state index in [0.29, 0.717) is 6.54 Å². The highest BCUT2D eigenvalue weighted by Crippen LogP contribution is 2.28. The molecule has 8 heteroatoms. The third-order valence-electron chi connectivity index (χ3n) is 4.35. The van der Waals surface area contributed by atoms with Crippen LogP contribution in [-0.4, -0.2) is 62.9 Å². The molecule has 1 aromatic carbocycles. The molecule has 0 aliphatic carbocycles. The zero-order valence-electron chi connectivity index (χ0n) is 14.0. The van der Waals surface area contributed by atoms with Gasteiger partial charge in [0.15, 0.2) is 0 Å². The third-order valence-corrected chi connectivity index (χ3v) is 4.35. The topological polar surface area (TPSA) is 105 Å². The van der Waals surface area contributed by atoms with Crippen molar-refractivity contribution in [2.45, 2.75) is 13.0 Å². The van der Waals surface area contributed by atoms with Crippen LogP contribution in [0.3, 0.4) is 0 Å². The average Bonchev–Trinajstić information content (AvgIpc) is 3.03. The van der Waals surface area contributed by atoms with E-state index in [4.69, 9.17) is 5.73 Å². The van der Waals surface area contributed by atoms with Crippen molar-refractivity contribution in [3.63, 3.8) is 0 Å². The van der Waals surface area contributed by atoms with Crippen LogP contribution in [0.5, 0.6) is 0 Å². The van der Waals surface area contributed by atoms with Crippen LogP contribution in [0, 0.1) is 6.92 Å². The summed E-state index contributed by atoms with van der Waals surface area (Å²) in [6.45, 7) is 2.62. The maximum absolute atomic E-state index is 12.0. The number of rotatable bonds is 3. The molecule has 8 nitrogen and oxygen atoms in total. The molecule has 1 fully saturated rings. The lowest BCUT2D eigenvalue weighted by Gasteiger charge is -2.39. The van der Waals surface area contributed by atoms with Gasteiger partial charge < -0.3 is 15.7 Å². The van der Waals surface area contributed by atoms with Gasteiger partial charge in [0, 0.05) is 19.6 Å². The molecule has 3 N–H and O–H groups in total. The summed E-state index contributed by atoms with van der Waals surface area (Å²) >= 11 is 0. The Labute approximate surface area is 145 Å². The number of nitrogens with zero attached hydrogens (tertiary/aromatic N) is 4. The van der Waals surface area contributed by atoms with E-state index < -0.39 is 12.1 Å². The van der Waals surface area contributed by atoms with Gasteiger partial charge in [-0.15, -0.1) is 0 Å². The quantitative estimate of drug-likeness (QED) is 0.865. The number of nitrogens with two attached hydrogens (primary N) is 1. The van der Waals surface area contributed by atoms with E-state index in [0.717, 1.165) is 17.1 Å². The molecule has 1 aromatic heterocycles. The fourth-order valence-electron chi connectivity index (χ4n) is 3.15. The summed E-state index contributed by atoms with van der Waals surface area (Å²) in [6, 6.07) is 10.9. The van der Waals surface area contributed by atoms with Crippen LogP contribution in [0.25, 0.3) is 5.69 Å². The van der Waals surface area contributed by atoms with Crippen molar-refractivity contribution < 1.29 is 14.7 Å². The Hall–Kier alpha value is -2.87. The number of hydrogen-bond donors (Lipinski definition) is 2. The molecule has 2 aromatic rings. The van der Waals surface area contributed by atoms with Gasteiger partial charge in [0.05, 0.1) is 29.7 Å². The minimum atomic E-state index is -1.01. The summed E-state index contributed by atoms with van der Waals surface area (Å²) < 4.78 is 1.74. The molecule has 1 aliphatic heterocycles. The van der Waals surface area contributed by atoms with Gasteiger partial charge in [0.2, 0.25) is 5.91 Å². The first-order valence-electron chi connectivity index (χ1n) is 8.10. The molecular formula is C17H21N5O3. The molecule has 1 saturated heterocycles. The number of para-hydroxylation sites is 1. The van der Waals surface area contributed by atoms with Crippen molar-refractivity contribution in [3.8, 4) is 5.69 Å². The number of aryl methyl sites for hydroxylation is 1. The van der Waals surface area contributed by atoms with Gasteiger partial charge in [-0.2, -0.15) is 5.10 Å². The largest absolute Gasteiger partial charge is 0.465 e. The molecule has 0 radical (unpaired) electrons. The van der Waals surface area contributed by atoms with Crippen molar-refractivity contribution >= 4 is 12.0 Å². The van der Waals surface area contributed by atoms with Gasteiger partial charge in [0.25, 0.3) is 0 Å².